The molecule has 1 aliphatic heterocycles. The molecule has 0 spiro atoms. The lowest BCUT2D eigenvalue weighted by atomic mass is 9.81. The van der Waals surface area contributed by atoms with E-state index >= 15 is 0 Å². The number of rotatable bonds is 6. The number of fused-ring (bicyclic) bond motifs is 3. The first-order chi connectivity index (χ1) is 15.3. The van der Waals surface area contributed by atoms with Gasteiger partial charge in [0.1, 0.15) is 17.2 Å². The molecule has 4 rings (SSSR count). The molecule has 0 bridgehead atoms. The molecule has 3 aromatic rings. The lowest BCUT2D eigenvalue weighted by Crippen LogP contribution is -2.53. The van der Waals surface area contributed by atoms with Crippen LogP contribution in [0.1, 0.15) is 36.6 Å². The van der Waals surface area contributed by atoms with Crippen LogP contribution in [-0.4, -0.2) is 28.7 Å². The second kappa shape index (κ2) is 8.52. The fourth-order valence-corrected chi connectivity index (χ4v) is 4.89. The maximum atomic E-state index is 14.7. The number of halogens is 3. The summed E-state index contributed by atoms with van der Waals surface area (Å²) in [4.78, 5) is 15.5. The third-order valence-electron chi connectivity index (χ3n) is 5.83. The molecule has 1 unspecified atom stereocenters. The van der Waals surface area contributed by atoms with E-state index in [9.17, 15) is 23.9 Å². The number of benzene rings is 2. The third kappa shape index (κ3) is 3.53. The Labute approximate surface area is 191 Å². The second-order valence-corrected chi connectivity index (χ2v) is 8.63. The number of anilines is 1. The van der Waals surface area contributed by atoms with Gasteiger partial charge in [0.25, 0.3) is 0 Å². The molecular weight excluding hydrogens is 484 g/mol. The van der Waals surface area contributed by atoms with Crippen molar-refractivity contribution in [3.05, 3.63) is 63.3 Å². The van der Waals surface area contributed by atoms with Crippen molar-refractivity contribution in [1.82, 2.24) is 4.98 Å². The molecule has 3 N–H and O–H groups in total. The molecular formula is C23H20BrF2N3O3. The van der Waals surface area contributed by atoms with E-state index in [0.29, 0.717) is 39.5 Å². The third-order valence-corrected chi connectivity index (χ3v) is 6.32. The molecule has 32 heavy (non-hydrogen) atoms. The summed E-state index contributed by atoms with van der Waals surface area (Å²) in [7, 11) is 0. The number of ether oxygens (including phenoxy) is 1. The van der Waals surface area contributed by atoms with Crippen molar-refractivity contribution in [2.75, 3.05) is 11.9 Å². The van der Waals surface area contributed by atoms with Crippen molar-refractivity contribution in [3.63, 3.8) is 0 Å². The van der Waals surface area contributed by atoms with Crippen LogP contribution in [0, 0.1) is 23.0 Å². The lowest BCUT2D eigenvalue weighted by Gasteiger charge is -2.42. The number of hydrogen-bond acceptors (Lipinski definition) is 4. The molecule has 0 radical (unpaired) electrons. The van der Waals surface area contributed by atoms with Gasteiger partial charge in [0.2, 0.25) is 0 Å². The Kier molecular flexibility index (Phi) is 5.93. The van der Waals surface area contributed by atoms with Crippen molar-refractivity contribution in [2.45, 2.75) is 37.8 Å². The zero-order valence-corrected chi connectivity index (χ0v) is 18.7. The normalized spacial score (nSPS) is 18.7. The maximum Gasteiger partial charge on any atom is 0.329 e. The van der Waals surface area contributed by atoms with Gasteiger partial charge in [-0.25, -0.2) is 13.6 Å². The van der Waals surface area contributed by atoms with E-state index in [1.165, 1.54) is 30.3 Å². The topological polar surface area (TPSA) is 98.1 Å². The number of hydrogen-bond donors (Lipinski definition) is 3. The molecule has 166 valence electrons. The van der Waals surface area contributed by atoms with Gasteiger partial charge < -0.3 is 20.1 Å². The highest BCUT2D eigenvalue weighted by molar-refractivity contribution is 9.10. The standard InChI is InChI=1S/C23H20BrF2N3O3/c1-2-8-23(21(22(30)31)28-17-10-13(24)4-6-15(17)25)20-14(7-9-32-23)18-12(11-27)3-5-16(26)19(18)29-20/h3-6,10,21,28-29H,2,7-9H2,1H3,(H,30,31)/t21?,23-/m0/s1. The van der Waals surface area contributed by atoms with Gasteiger partial charge in [0.15, 0.2) is 6.04 Å². The Morgan fingerprint density at radius 1 is 1.38 bits per heavy atom. The number of nitrogens with one attached hydrogen (secondary N) is 2. The number of aromatic nitrogens is 1. The highest BCUT2D eigenvalue weighted by Gasteiger charge is 2.50. The van der Waals surface area contributed by atoms with Crippen LogP contribution in [0.4, 0.5) is 14.5 Å². The number of carboxylic acid groups (broad SMARTS) is 1. The molecule has 0 fully saturated rings. The number of carbonyl (C=O) groups is 1. The number of aromatic amines is 1. The molecule has 2 heterocycles. The number of nitriles is 1. The zero-order chi connectivity index (χ0) is 23.0. The maximum absolute atomic E-state index is 14.7. The minimum Gasteiger partial charge on any atom is -0.480 e. The van der Waals surface area contributed by atoms with Crippen molar-refractivity contribution in [1.29, 1.82) is 5.26 Å². The summed E-state index contributed by atoms with van der Waals surface area (Å²) in [5.74, 6) is -2.40. The van der Waals surface area contributed by atoms with E-state index in [-0.39, 0.29) is 24.2 Å². The van der Waals surface area contributed by atoms with Gasteiger partial charge in [-0.1, -0.05) is 29.3 Å². The summed E-state index contributed by atoms with van der Waals surface area (Å²) < 4.78 is 35.8. The van der Waals surface area contributed by atoms with Crippen molar-refractivity contribution in [2.24, 2.45) is 0 Å². The highest BCUT2D eigenvalue weighted by Crippen LogP contribution is 2.44. The summed E-state index contributed by atoms with van der Waals surface area (Å²) in [6.45, 7) is 2.05. The average Bonchev–Trinajstić information content (AvgIpc) is 3.17. The van der Waals surface area contributed by atoms with Gasteiger partial charge in [0, 0.05) is 9.86 Å². The van der Waals surface area contributed by atoms with E-state index in [0.717, 1.165) is 0 Å². The quantitative estimate of drug-likeness (QED) is 0.428. The average molecular weight is 504 g/mol. The van der Waals surface area contributed by atoms with Crippen LogP contribution >= 0.6 is 15.9 Å². The molecule has 0 saturated heterocycles. The summed E-state index contributed by atoms with van der Waals surface area (Å²) in [5, 5.41) is 23.0. The van der Waals surface area contributed by atoms with Crippen LogP contribution in [-0.2, 0) is 21.6 Å². The predicted octanol–water partition coefficient (Wildman–Crippen LogP) is 5.21. The fourth-order valence-electron chi connectivity index (χ4n) is 4.53. The number of H-pyrrole nitrogens is 1. The number of aliphatic carboxylic acids is 1. The molecule has 9 heteroatoms. The predicted molar refractivity (Wildman–Crippen MR) is 118 cm³/mol. The van der Waals surface area contributed by atoms with Gasteiger partial charge in [-0.2, -0.15) is 5.26 Å². The molecule has 1 aromatic heterocycles. The Balaban J connectivity index is 1.95. The van der Waals surface area contributed by atoms with Crippen LogP contribution in [0.5, 0.6) is 0 Å². The number of carboxylic acids is 1. The van der Waals surface area contributed by atoms with Gasteiger partial charge in [-0.05, 0) is 48.7 Å². The lowest BCUT2D eigenvalue weighted by molar-refractivity contribution is -0.152. The Hall–Kier alpha value is -2.96. The largest absolute Gasteiger partial charge is 0.480 e. The van der Waals surface area contributed by atoms with Crippen LogP contribution in [0.15, 0.2) is 34.8 Å². The van der Waals surface area contributed by atoms with Crippen LogP contribution < -0.4 is 5.32 Å². The summed E-state index contributed by atoms with van der Waals surface area (Å²) in [6, 6.07) is 7.50. The van der Waals surface area contributed by atoms with E-state index in [1.807, 2.05) is 6.92 Å². The Morgan fingerprint density at radius 2 is 2.12 bits per heavy atom. The van der Waals surface area contributed by atoms with Crippen LogP contribution in [0.25, 0.3) is 10.9 Å². The van der Waals surface area contributed by atoms with Gasteiger partial charge in [0.05, 0.1) is 35.1 Å². The monoisotopic (exact) mass is 503 g/mol. The Morgan fingerprint density at radius 3 is 2.81 bits per heavy atom. The van der Waals surface area contributed by atoms with Crippen LogP contribution in [0.3, 0.4) is 0 Å². The Bertz CT molecular complexity index is 1250. The van der Waals surface area contributed by atoms with E-state index in [2.05, 4.69) is 32.3 Å². The first-order valence-electron chi connectivity index (χ1n) is 10.1. The van der Waals surface area contributed by atoms with E-state index in [4.69, 9.17) is 4.74 Å². The molecule has 2 aromatic carbocycles. The summed E-state index contributed by atoms with van der Waals surface area (Å²) in [6.07, 6.45) is 1.21. The molecule has 2 atom stereocenters. The minimum atomic E-state index is -1.43. The molecule has 6 nitrogen and oxygen atoms in total. The van der Waals surface area contributed by atoms with Gasteiger partial charge in [-0.3, -0.25) is 0 Å². The first-order valence-corrected chi connectivity index (χ1v) is 10.9. The van der Waals surface area contributed by atoms with E-state index < -0.39 is 29.2 Å². The van der Waals surface area contributed by atoms with Crippen molar-refractivity contribution < 1.29 is 23.4 Å². The first kappa shape index (κ1) is 22.2. The van der Waals surface area contributed by atoms with E-state index in [1.54, 1.807) is 0 Å². The summed E-state index contributed by atoms with van der Waals surface area (Å²) >= 11 is 3.27. The van der Waals surface area contributed by atoms with Crippen molar-refractivity contribution in [3.8, 4) is 6.07 Å². The van der Waals surface area contributed by atoms with Crippen LogP contribution in [0.2, 0.25) is 0 Å². The SMILES string of the molecule is CCC[C@]1(C(Nc2cc(Br)ccc2F)C(=O)O)OCCc2c1[nH]c1c(F)ccc(C#N)c21. The summed E-state index contributed by atoms with van der Waals surface area (Å²) in [5.41, 5.74) is 0.0528. The second-order valence-electron chi connectivity index (χ2n) is 7.71. The zero-order valence-electron chi connectivity index (χ0n) is 17.1. The highest BCUT2D eigenvalue weighted by atomic mass is 79.9. The molecule has 1 aliphatic rings. The minimum absolute atomic E-state index is 0.00187. The molecule has 0 aliphatic carbocycles. The fraction of sp³-hybridized carbons (Fsp3) is 0.304. The van der Waals surface area contributed by atoms with Gasteiger partial charge in [-0.15, -0.1) is 0 Å². The van der Waals surface area contributed by atoms with Gasteiger partial charge >= 0.3 is 5.97 Å². The molecule has 0 amide bonds. The van der Waals surface area contributed by atoms with Crippen molar-refractivity contribution >= 4 is 38.5 Å². The number of nitrogens with zero attached hydrogens (tertiary/aromatic N) is 1. The smallest absolute Gasteiger partial charge is 0.329 e. The molecule has 0 saturated carbocycles.